The molecule has 10 heteroatoms. The summed E-state index contributed by atoms with van der Waals surface area (Å²) >= 11 is 0. The highest BCUT2D eigenvalue weighted by molar-refractivity contribution is 6.06. The minimum atomic E-state index is -0.387. The van der Waals surface area contributed by atoms with Gasteiger partial charge in [-0.05, 0) is 56.3 Å². The van der Waals surface area contributed by atoms with Crippen molar-refractivity contribution in [2.75, 3.05) is 63.0 Å². The first-order valence-corrected chi connectivity index (χ1v) is 13.8. The van der Waals surface area contributed by atoms with Gasteiger partial charge in [-0.2, -0.15) is 4.98 Å². The number of amides is 1. The number of para-hydroxylation sites is 3. The Kier molecular flexibility index (Phi) is 8.73. The fourth-order valence-electron chi connectivity index (χ4n) is 4.85. The fraction of sp³-hybridized carbons (Fsp3) is 0.281. The van der Waals surface area contributed by atoms with Crippen LogP contribution >= 0.6 is 0 Å². The molecule has 1 aliphatic heterocycles. The van der Waals surface area contributed by atoms with Crippen LogP contribution in [0.3, 0.4) is 0 Å². The molecule has 42 heavy (non-hydrogen) atoms. The third-order valence-corrected chi connectivity index (χ3v) is 7.27. The summed E-state index contributed by atoms with van der Waals surface area (Å²) in [5.74, 6) is 1.64. The summed E-state index contributed by atoms with van der Waals surface area (Å²) in [6, 6.07) is 18.9. The van der Waals surface area contributed by atoms with Crippen LogP contribution in [0.5, 0.6) is 23.1 Å². The number of hydrogen-bond acceptors (Lipinski definition) is 9. The summed E-state index contributed by atoms with van der Waals surface area (Å²) in [7, 11) is 5.35. The molecule has 10 nitrogen and oxygen atoms in total. The lowest BCUT2D eigenvalue weighted by atomic mass is 10.1. The van der Waals surface area contributed by atoms with Crippen molar-refractivity contribution in [3.05, 3.63) is 83.6 Å². The van der Waals surface area contributed by atoms with Crippen LogP contribution in [-0.4, -0.2) is 68.2 Å². The Morgan fingerprint density at radius 3 is 2.24 bits per heavy atom. The maximum atomic E-state index is 13.5. The number of benzene rings is 3. The largest absolute Gasteiger partial charge is 0.495 e. The molecule has 5 rings (SSSR count). The minimum absolute atomic E-state index is 0.0850. The van der Waals surface area contributed by atoms with E-state index >= 15 is 0 Å². The Morgan fingerprint density at radius 1 is 0.857 bits per heavy atom. The molecule has 2 heterocycles. The lowest BCUT2D eigenvalue weighted by molar-refractivity contribution is 0.102. The Labute approximate surface area is 246 Å². The predicted molar refractivity (Wildman–Crippen MR) is 165 cm³/mol. The minimum Gasteiger partial charge on any atom is -0.495 e. The average Bonchev–Trinajstić information content (AvgIpc) is 3.00. The molecule has 3 aromatic carbocycles. The molecular weight excluding hydrogens is 532 g/mol. The highest BCUT2D eigenvalue weighted by atomic mass is 16.5. The van der Waals surface area contributed by atoms with Gasteiger partial charge >= 0.3 is 0 Å². The summed E-state index contributed by atoms with van der Waals surface area (Å²) in [5.41, 5.74) is 4.58. The highest BCUT2D eigenvalue weighted by Crippen LogP contribution is 2.35. The van der Waals surface area contributed by atoms with Crippen molar-refractivity contribution >= 4 is 28.9 Å². The van der Waals surface area contributed by atoms with Crippen LogP contribution in [0.1, 0.15) is 21.5 Å². The lowest BCUT2D eigenvalue weighted by Crippen LogP contribution is -2.44. The van der Waals surface area contributed by atoms with E-state index in [2.05, 4.69) is 37.4 Å². The molecule has 0 saturated carbocycles. The number of aryl methyl sites for hydroxylation is 2. The molecule has 1 aliphatic rings. The van der Waals surface area contributed by atoms with Crippen LogP contribution in [0.2, 0.25) is 0 Å². The molecule has 1 amide bonds. The monoisotopic (exact) mass is 568 g/mol. The number of methoxy groups -OCH3 is 2. The average molecular weight is 569 g/mol. The number of carbonyl (C=O) groups is 1. The van der Waals surface area contributed by atoms with E-state index in [1.807, 2.05) is 62.4 Å². The predicted octanol–water partition coefficient (Wildman–Crippen LogP) is 5.65. The van der Waals surface area contributed by atoms with Crippen molar-refractivity contribution in [2.45, 2.75) is 13.8 Å². The zero-order valence-corrected chi connectivity index (χ0v) is 24.6. The van der Waals surface area contributed by atoms with Crippen molar-refractivity contribution < 1.29 is 19.0 Å². The first-order valence-electron chi connectivity index (χ1n) is 13.8. The molecule has 1 aromatic heterocycles. The molecule has 218 valence electrons. The number of anilines is 4. The smallest absolute Gasteiger partial charge is 0.262 e. The van der Waals surface area contributed by atoms with E-state index in [0.717, 1.165) is 60.1 Å². The van der Waals surface area contributed by atoms with Gasteiger partial charge in [-0.3, -0.25) is 4.79 Å². The van der Waals surface area contributed by atoms with E-state index in [4.69, 9.17) is 14.2 Å². The number of ether oxygens (including phenoxy) is 3. The number of carbonyl (C=O) groups excluding carboxylic acids is 1. The van der Waals surface area contributed by atoms with Crippen LogP contribution < -0.4 is 29.7 Å². The number of hydrogen-bond donors (Lipinski definition) is 2. The second-order valence-corrected chi connectivity index (χ2v) is 10.2. The first kappa shape index (κ1) is 28.7. The van der Waals surface area contributed by atoms with Gasteiger partial charge in [0, 0.05) is 49.8 Å². The number of piperazine rings is 1. The summed E-state index contributed by atoms with van der Waals surface area (Å²) in [4.78, 5) is 27.2. The van der Waals surface area contributed by atoms with Gasteiger partial charge in [0.2, 0.25) is 11.8 Å². The van der Waals surface area contributed by atoms with Crippen molar-refractivity contribution in [3.8, 4) is 23.1 Å². The molecule has 0 unspecified atom stereocenters. The van der Waals surface area contributed by atoms with E-state index < -0.39 is 0 Å². The SMILES string of the molecule is COc1ccccc1Oc1nc(Nc2ccc(N3CCN(C)CC3)c(OC)c2)ncc1C(=O)Nc1c(C)cccc1C. The van der Waals surface area contributed by atoms with Crippen LogP contribution in [0, 0.1) is 13.8 Å². The first-order chi connectivity index (χ1) is 20.4. The van der Waals surface area contributed by atoms with Gasteiger partial charge < -0.3 is 34.6 Å². The molecule has 0 spiro atoms. The molecule has 0 radical (unpaired) electrons. The number of rotatable bonds is 9. The molecule has 0 atom stereocenters. The summed E-state index contributed by atoms with van der Waals surface area (Å²) in [6.07, 6.45) is 1.46. The second kappa shape index (κ2) is 12.8. The maximum Gasteiger partial charge on any atom is 0.262 e. The summed E-state index contributed by atoms with van der Waals surface area (Å²) < 4.78 is 17.4. The lowest BCUT2D eigenvalue weighted by Gasteiger charge is -2.34. The molecule has 0 bridgehead atoms. The number of nitrogens with zero attached hydrogens (tertiary/aromatic N) is 4. The number of nitrogens with one attached hydrogen (secondary N) is 2. The van der Waals surface area contributed by atoms with E-state index in [0.29, 0.717) is 11.5 Å². The van der Waals surface area contributed by atoms with Crippen LogP contribution in [0.4, 0.5) is 23.0 Å². The highest BCUT2D eigenvalue weighted by Gasteiger charge is 2.21. The Balaban J connectivity index is 1.45. The van der Waals surface area contributed by atoms with Crippen LogP contribution in [0.25, 0.3) is 0 Å². The molecular formula is C32H36N6O4. The Hall–Kier alpha value is -4.83. The van der Waals surface area contributed by atoms with Crippen LogP contribution in [0.15, 0.2) is 66.9 Å². The number of aromatic nitrogens is 2. The molecule has 1 saturated heterocycles. The van der Waals surface area contributed by atoms with E-state index in [-0.39, 0.29) is 23.3 Å². The Morgan fingerprint density at radius 2 is 1.55 bits per heavy atom. The number of likely N-dealkylation sites (N-methyl/N-ethyl adjacent to an activating group) is 1. The van der Waals surface area contributed by atoms with Crippen molar-refractivity contribution in [3.63, 3.8) is 0 Å². The molecule has 2 N–H and O–H groups in total. The second-order valence-electron chi connectivity index (χ2n) is 10.2. The standard InChI is InChI=1S/C32H36N6O4/c1-21-9-8-10-22(2)29(21)35-30(39)24-20-33-32(36-31(24)42-27-12-7-6-11-26(27)40-4)34-23-13-14-25(28(19-23)41-5)38-17-15-37(3)16-18-38/h6-14,19-20H,15-18H2,1-5H3,(H,35,39)(H,33,34,36). The molecule has 4 aromatic rings. The van der Waals surface area contributed by atoms with E-state index in [9.17, 15) is 4.79 Å². The van der Waals surface area contributed by atoms with Crippen molar-refractivity contribution in [1.29, 1.82) is 0 Å². The fourth-order valence-corrected chi connectivity index (χ4v) is 4.85. The molecule has 0 aliphatic carbocycles. The van der Waals surface area contributed by atoms with Gasteiger partial charge in [0.25, 0.3) is 5.91 Å². The van der Waals surface area contributed by atoms with Gasteiger partial charge in [0.15, 0.2) is 11.5 Å². The summed E-state index contributed by atoms with van der Waals surface area (Å²) in [5, 5.41) is 6.23. The van der Waals surface area contributed by atoms with Crippen molar-refractivity contribution in [1.82, 2.24) is 14.9 Å². The zero-order valence-electron chi connectivity index (χ0n) is 24.6. The zero-order chi connectivity index (χ0) is 29.6. The topological polar surface area (TPSA) is 101 Å². The van der Waals surface area contributed by atoms with Gasteiger partial charge in [-0.15, -0.1) is 0 Å². The Bertz CT molecular complexity index is 1550. The summed E-state index contributed by atoms with van der Waals surface area (Å²) in [6.45, 7) is 7.74. The van der Waals surface area contributed by atoms with Crippen LogP contribution in [-0.2, 0) is 0 Å². The van der Waals surface area contributed by atoms with Crippen molar-refractivity contribution in [2.24, 2.45) is 0 Å². The molecule has 1 fully saturated rings. The maximum absolute atomic E-state index is 13.5. The van der Waals surface area contributed by atoms with E-state index in [1.165, 1.54) is 6.20 Å². The third-order valence-electron chi connectivity index (χ3n) is 7.27. The normalized spacial score (nSPS) is 13.4. The van der Waals surface area contributed by atoms with Gasteiger partial charge in [-0.1, -0.05) is 30.3 Å². The quantitative estimate of drug-likeness (QED) is 0.265. The van der Waals surface area contributed by atoms with Gasteiger partial charge in [0.05, 0.1) is 19.9 Å². The third kappa shape index (κ3) is 6.39. The van der Waals surface area contributed by atoms with Gasteiger partial charge in [-0.25, -0.2) is 4.98 Å². The van der Waals surface area contributed by atoms with E-state index in [1.54, 1.807) is 26.4 Å². The van der Waals surface area contributed by atoms with Gasteiger partial charge in [0.1, 0.15) is 11.3 Å².